The number of amides is 3. The van der Waals surface area contributed by atoms with Gasteiger partial charge in [-0.25, -0.2) is 9.59 Å². The van der Waals surface area contributed by atoms with Crippen LogP contribution >= 0.6 is 0 Å². The third-order valence-electron chi connectivity index (χ3n) is 4.76. The van der Waals surface area contributed by atoms with Crippen LogP contribution in [0.3, 0.4) is 0 Å². The molecule has 0 N–H and O–H groups in total. The molecule has 2 aromatic rings. The van der Waals surface area contributed by atoms with Crippen molar-refractivity contribution < 1.29 is 28.8 Å². The van der Waals surface area contributed by atoms with Crippen LogP contribution in [-0.4, -0.2) is 41.1 Å². The van der Waals surface area contributed by atoms with E-state index in [-0.39, 0.29) is 16.7 Å². The molecule has 8 heteroatoms. The summed E-state index contributed by atoms with van der Waals surface area (Å²) in [5, 5.41) is 0.479. The number of carbonyl (C=O) groups is 4. The van der Waals surface area contributed by atoms with Crippen molar-refractivity contribution in [2.45, 2.75) is 32.8 Å². The Morgan fingerprint density at radius 2 is 1.60 bits per heavy atom. The number of ether oxygens (including phenoxy) is 1. The quantitative estimate of drug-likeness (QED) is 0.708. The summed E-state index contributed by atoms with van der Waals surface area (Å²) in [5.41, 5.74) is 1.38. The van der Waals surface area contributed by atoms with Gasteiger partial charge in [-0.05, 0) is 63.1 Å². The van der Waals surface area contributed by atoms with Crippen LogP contribution in [0.2, 0.25) is 0 Å². The molecule has 2 aliphatic rings. The SMILES string of the molecule is CC(C)(C)OC(=O)N1CCc2cc(C(=O)ON3C(=O)c4ccccc4C3=O)ccc21. The highest BCUT2D eigenvalue weighted by atomic mass is 16.7. The monoisotopic (exact) mass is 408 g/mol. The van der Waals surface area contributed by atoms with E-state index in [4.69, 9.17) is 9.57 Å². The Kier molecular flexibility index (Phi) is 4.57. The summed E-state index contributed by atoms with van der Waals surface area (Å²) in [4.78, 5) is 56.3. The Morgan fingerprint density at radius 3 is 2.20 bits per heavy atom. The molecule has 0 aromatic heterocycles. The second-order valence-corrected chi connectivity index (χ2v) is 8.05. The third kappa shape index (κ3) is 3.41. The first-order chi connectivity index (χ1) is 14.2. The Hall–Kier alpha value is -3.68. The average Bonchev–Trinajstić information content (AvgIpc) is 3.22. The molecule has 154 valence electrons. The highest BCUT2D eigenvalue weighted by Crippen LogP contribution is 2.31. The molecule has 0 spiro atoms. The molecule has 2 aliphatic heterocycles. The lowest BCUT2D eigenvalue weighted by molar-refractivity contribution is -0.0584. The van der Waals surface area contributed by atoms with Gasteiger partial charge in [0.05, 0.1) is 22.4 Å². The normalized spacial score (nSPS) is 15.2. The molecule has 2 heterocycles. The molecular formula is C22H20N2O6. The van der Waals surface area contributed by atoms with Gasteiger partial charge in [-0.3, -0.25) is 14.5 Å². The maximum absolute atomic E-state index is 12.6. The molecule has 0 saturated carbocycles. The fraction of sp³-hybridized carbons (Fsp3) is 0.273. The minimum absolute atomic E-state index is 0.177. The van der Waals surface area contributed by atoms with Crippen molar-refractivity contribution in [2.24, 2.45) is 0 Å². The van der Waals surface area contributed by atoms with E-state index in [2.05, 4.69) is 0 Å². The van der Waals surface area contributed by atoms with Gasteiger partial charge < -0.3 is 9.57 Å². The van der Waals surface area contributed by atoms with E-state index in [9.17, 15) is 19.2 Å². The molecular weight excluding hydrogens is 388 g/mol. The van der Waals surface area contributed by atoms with Crippen LogP contribution in [0.5, 0.6) is 0 Å². The van der Waals surface area contributed by atoms with Crippen molar-refractivity contribution >= 4 is 29.6 Å². The number of rotatable bonds is 2. The summed E-state index contributed by atoms with van der Waals surface area (Å²) >= 11 is 0. The van der Waals surface area contributed by atoms with Gasteiger partial charge in [0.2, 0.25) is 0 Å². The summed E-state index contributed by atoms with van der Waals surface area (Å²) in [7, 11) is 0. The molecule has 0 atom stereocenters. The van der Waals surface area contributed by atoms with Gasteiger partial charge in [0.15, 0.2) is 0 Å². The summed E-state index contributed by atoms with van der Waals surface area (Å²) < 4.78 is 5.41. The summed E-state index contributed by atoms with van der Waals surface area (Å²) in [6, 6.07) is 11.0. The van der Waals surface area contributed by atoms with E-state index in [1.165, 1.54) is 23.1 Å². The van der Waals surface area contributed by atoms with Gasteiger partial charge in [0, 0.05) is 6.54 Å². The molecule has 3 amide bonds. The largest absolute Gasteiger partial charge is 0.443 e. The Balaban J connectivity index is 1.50. The maximum atomic E-state index is 12.6. The van der Waals surface area contributed by atoms with Crippen LogP contribution in [0.1, 0.15) is 57.4 Å². The maximum Gasteiger partial charge on any atom is 0.414 e. The highest BCUT2D eigenvalue weighted by molar-refractivity contribution is 6.21. The Bertz CT molecular complexity index is 1050. The summed E-state index contributed by atoms with van der Waals surface area (Å²) in [6.45, 7) is 5.81. The number of hydrogen-bond acceptors (Lipinski definition) is 6. The van der Waals surface area contributed by atoms with Crippen LogP contribution in [0.25, 0.3) is 0 Å². The number of fused-ring (bicyclic) bond motifs is 2. The zero-order chi connectivity index (χ0) is 21.6. The fourth-order valence-electron chi connectivity index (χ4n) is 3.42. The van der Waals surface area contributed by atoms with Crippen LogP contribution in [-0.2, 0) is 16.0 Å². The number of anilines is 1. The predicted octanol–water partition coefficient (Wildman–Crippen LogP) is 3.35. The van der Waals surface area contributed by atoms with Gasteiger partial charge in [-0.15, -0.1) is 0 Å². The van der Waals surface area contributed by atoms with Crippen LogP contribution < -0.4 is 4.90 Å². The smallest absolute Gasteiger partial charge is 0.414 e. The predicted molar refractivity (Wildman–Crippen MR) is 106 cm³/mol. The van der Waals surface area contributed by atoms with Gasteiger partial charge >= 0.3 is 12.1 Å². The minimum atomic E-state index is -0.831. The van der Waals surface area contributed by atoms with Crippen molar-refractivity contribution in [1.29, 1.82) is 0 Å². The van der Waals surface area contributed by atoms with E-state index in [1.807, 2.05) is 0 Å². The van der Waals surface area contributed by atoms with Crippen molar-refractivity contribution in [1.82, 2.24) is 5.06 Å². The zero-order valence-electron chi connectivity index (χ0n) is 16.8. The topological polar surface area (TPSA) is 93.2 Å². The Labute approximate surface area is 172 Å². The number of benzene rings is 2. The molecule has 0 saturated heterocycles. The number of imide groups is 1. The number of carbonyl (C=O) groups excluding carboxylic acids is 4. The fourth-order valence-corrected chi connectivity index (χ4v) is 3.42. The van der Waals surface area contributed by atoms with E-state index < -0.39 is 29.5 Å². The van der Waals surface area contributed by atoms with E-state index in [0.29, 0.717) is 23.7 Å². The lowest BCUT2D eigenvalue weighted by Crippen LogP contribution is -2.35. The minimum Gasteiger partial charge on any atom is -0.443 e. The molecule has 0 aliphatic carbocycles. The average molecular weight is 408 g/mol. The molecule has 0 fully saturated rings. The second kappa shape index (κ2) is 6.98. The van der Waals surface area contributed by atoms with Gasteiger partial charge in [0.25, 0.3) is 11.8 Å². The van der Waals surface area contributed by atoms with Crippen molar-refractivity contribution in [2.75, 3.05) is 11.4 Å². The molecule has 2 aromatic carbocycles. The van der Waals surface area contributed by atoms with Crippen LogP contribution in [0, 0.1) is 0 Å². The number of nitrogens with zero attached hydrogens (tertiary/aromatic N) is 2. The highest BCUT2D eigenvalue weighted by Gasteiger charge is 2.39. The lowest BCUT2D eigenvalue weighted by atomic mass is 10.1. The van der Waals surface area contributed by atoms with Crippen molar-refractivity contribution in [3.05, 3.63) is 64.7 Å². The van der Waals surface area contributed by atoms with E-state index in [0.717, 1.165) is 5.56 Å². The van der Waals surface area contributed by atoms with Gasteiger partial charge in [0.1, 0.15) is 5.60 Å². The Morgan fingerprint density at radius 1 is 0.967 bits per heavy atom. The molecule has 0 bridgehead atoms. The van der Waals surface area contributed by atoms with Gasteiger partial charge in [-0.1, -0.05) is 17.2 Å². The molecule has 30 heavy (non-hydrogen) atoms. The van der Waals surface area contributed by atoms with Crippen LogP contribution in [0.4, 0.5) is 10.5 Å². The van der Waals surface area contributed by atoms with Crippen molar-refractivity contribution in [3.63, 3.8) is 0 Å². The first kappa shape index (κ1) is 19.6. The van der Waals surface area contributed by atoms with E-state index >= 15 is 0 Å². The van der Waals surface area contributed by atoms with E-state index in [1.54, 1.807) is 45.0 Å². The molecule has 0 radical (unpaired) electrons. The second-order valence-electron chi connectivity index (χ2n) is 8.05. The molecule has 4 rings (SSSR count). The van der Waals surface area contributed by atoms with Crippen LogP contribution in [0.15, 0.2) is 42.5 Å². The van der Waals surface area contributed by atoms with Gasteiger partial charge in [-0.2, -0.15) is 0 Å². The standard InChI is InChI=1S/C22H20N2O6/c1-22(2,3)29-21(28)23-11-10-13-12-14(8-9-17(13)23)20(27)30-24-18(25)15-6-4-5-7-16(15)19(24)26/h4-9,12H,10-11H2,1-3H3. The third-order valence-corrected chi connectivity index (χ3v) is 4.76. The zero-order valence-corrected chi connectivity index (χ0v) is 16.8. The summed E-state index contributed by atoms with van der Waals surface area (Å²) in [6.07, 6.45) is 0.0884. The first-order valence-corrected chi connectivity index (χ1v) is 9.49. The molecule has 0 unspecified atom stereocenters. The summed E-state index contributed by atoms with van der Waals surface area (Å²) in [5.74, 6) is -2.19. The first-order valence-electron chi connectivity index (χ1n) is 9.49. The van der Waals surface area contributed by atoms with Crippen molar-refractivity contribution in [3.8, 4) is 0 Å². The number of hydrogen-bond donors (Lipinski definition) is 0. The lowest BCUT2D eigenvalue weighted by Gasteiger charge is -2.24. The molecule has 8 nitrogen and oxygen atoms in total. The number of hydroxylamine groups is 2.